The molecule has 12 nitrogen and oxygen atoms in total. The molecule has 0 amide bonds. The van der Waals surface area contributed by atoms with Crippen molar-refractivity contribution < 1.29 is 14.9 Å². The van der Waals surface area contributed by atoms with E-state index in [1.807, 2.05) is 30.3 Å². The van der Waals surface area contributed by atoms with Crippen LogP contribution >= 0.6 is 0 Å². The highest BCUT2D eigenvalue weighted by Crippen LogP contribution is 2.36. The summed E-state index contributed by atoms with van der Waals surface area (Å²) in [4.78, 5) is 34.2. The number of azo groups is 1. The van der Waals surface area contributed by atoms with E-state index < -0.39 is 17.4 Å². The van der Waals surface area contributed by atoms with Gasteiger partial charge < -0.3 is 19.9 Å². The van der Waals surface area contributed by atoms with E-state index in [1.54, 1.807) is 18.2 Å². The standard InChI is InChI=1S/C25H25N7O5/c1-3-14-8-10-16(11-9-14)37-13-15(33)12-32-20-21(31(2)25(36)28-23(20)35)27-24(32)30-29-19-17-6-4-5-7-18(17)26-22(19)34/h4-11,15,26,33-34H,3,12-13H2,1-2H3,(H,28,35,36). The van der Waals surface area contributed by atoms with Crippen LogP contribution in [0.2, 0.25) is 0 Å². The van der Waals surface area contributed by atoms with Gasteiger partial charge in [-0.15, -0.1) is 10.2 Å². The summed E-state index contributed by atoms with van der Waals surface area (Å²) >= 11 is 0. The van der Waals surface area contributed by atoms with Gasteiger partial charge in [-0.3, -0.25) is 18.9 Å². The van der Waals surface area contributed by atoms with Crippen molar-refractivity contribution in [2.45, 2.75) is 26.0 Å². The van der Waals surface area contributed by atoms with Crippen LogP contribution in [-0.4, -0.2) is 47.0 Å². The number of benzene rings is 2. The summed E-state index contributed by atoms with van der Waals surface area (Å²) in [6.07, 6.45) is -0.142. The number of aromatic amines is 2. The highest BCUT2D eigenvalue weighted by atomic mass is 16.5. The number of aliphatic hydroxyl groups is 1. The summed E-state index contributed by atoms with van der Waals surface area (Å²) in [5.74, 6) is 0.389. The molecule has 0 aliphatic rings. The zero-order chi connectivity index (χ0) is 26.1. The maximum atomic E-state index is 12.7. The maximum Gasteiger partial charge on any atom is 0.329 e. The molecule has 0 bridgehead atoms. The maximum absolute atomic E-state index is 12.7. The molecule has 1 unspecified atom stereocenters. The normalized spacial score (nSPS) is 12.6. The molecule has 3 heterocycles. The smallest absolute Gasteiger partial charge is 0.329 e. The van der Waals surface area contributed by atoms with Gasteiger partial charge in [0.15, 0.2) is 16.9 Å². The Morgan fingerprint density at radius 2 is 1.84 bits per heavy atom. The average Bonchev–Trinajstić information content (AvgIpc) is 3.42. The number of para-hydroxylation sites is 1. The second-order valence-electron chi connectivity index (χ2n) is 8.54. The van der Waals surface area contributed by atoms with E-state index in [4.69, 9.17) is 4.74 Å². The quantitative estimate of drug-likeness (QED) is 0.238. The topological polar surface area (TPSA) is 163 Å². The summed E-state index contributed by atoms with van der Waals surface area (Å²) in [6, 6.07) is 14.7. The van der Waals surface area contributed by atoms with Crippen LogP contribution in [0.25, 0.3) is 22.1 Å². The van der Waals surface area contributed by atoms with Gasteiger partial charge in [0.1, 0.15) is 18.5 Å². The van der Waals surface area contributed by atoms with Crippen molar-refractivity contribution in [3.8, 4) is 11.6 Å². The fraction of sp³-hybridized carbons (Fsp3) is 0.240. The van der Waals surface area contributed by atoms with Crippen LogP contribution in [0.3, 0.4) is 0 Å². The summed E-state index contributed by atoms with van der Waals surface area (Å²) in [7, 11) is 1.46. The lowest BCUT2D eigenvalue weighted by Crippen LogP contribution is -2.30. The number of ether oxygens (including phenoxy) is 1. The molecule has 12 heteroatoms. The number of H-pyrrole nitrogens is 2. The number of fused-ring (bicyclic) bond motifs is 2. The fourth-order valence-corrected chi connectivity index (χ4v) is 4.06. The third-order valence-electron chi connectivity index (χ3n) is 6.05. The van der Waals surface area contributed by atoms with E-state index >= 15 is 0 Å². The van der Waals surface area contributed by atoms with E-state index in [1.165, 1.54) is 21.7 Å². The van der Waals surface area contributed by atoms with Gasteiger partial charge in [0, 0.05) is 12.4 Å². The number of aliphatic hydroxyl groups excluding tert-OH is 1. The zero-order valence-electron chi connectivity index (χ0n) is 20.2. The number of nitrogens with one attached hydrogen (secondary N) is 2. The van der Waals surface area contributed by atoms with Crippen molar-refractivity contribution in [3.63, 3.8) is 0 Å². The predicted molar refractivity (Wildman–Crippen MR) is 137 cm³/mol. The van der Waals surface area contributed by atoms with Crippen molar-refractivity contribution in [2.24, 2.45) is 17.3 Å². The van der Waals surface area contributed by atoms with Crippen LogP contribution in [0.5, 0.6) is 11.6 Å². The molecule has 4 N–H and O–H groups in total. The third kappa shape index (κ3) is 4.61. The largest absolute Gasteiger partial charge is 0.493 e. The Labute approximate surface area is 209 Å². The Balaban J connectivity index is 1.49. The number of nitrogens with zero attached hydrogens (tertiary/aromatic N) is 5. The van der Waals surface area contributed by atoms with Gasteiger partial charge in [-0.2, -0.15) is 4.98 Å². The highest BCUT2D eigenvalue weighted by molar-refractivity contribution is 5.94. The van der Waals surface area contributed by atoms with Crippen molar-refractivity contribution in [3.05, 3.63) is 74.9 Å². The number of aryl methyl sites for hydroxylation is 2. The minimum atomic E-state index is -1.05. The Kier molecular flexibility index (Phi) is 6.32. The highest BCUT2D eigenvalue weighted by Gasteiger charge is 2.20. The van der Waals surface area contributed by atoms with Crippen LogP contribution in [0.4, 0.5) is 11.6 Å². The first-order valence-corrected chi connectivity index (χ1v) is 11.7. The Hall–Kier alpha value is -4.71. The molecule has 0 fully saturated rings. The van der Waals surface area contributed by atoms with E-state index in [0.717, 1.165) is 6.42 Å². The van der Waals surface area contributed by atoms with Crippen LogP contribution in [0, 0.1) is 0 Å². The number of imidazole rings is 1. The molecule has 190 valence electrons. The second kappa shape index (κ2) is 9.74. The Morgan fingerprint density at radius 3 is 2.59 bits per heavy atom. The molecule has 0 radical (unpaired) electrons. The molecule has 0 saturated heterocycles. The summed E-state index contributed by atoms with van der Waals surface area (Å²) in [5.41, 5.74) is 0.834. The average molecular weight is 504 g/mol. The van der Waals surface area contributed by atoms with Crippen LogP contribution in [-0.2, 0) is 20.0 Å². The van der Waals surface area contributed by atoms with Crippen molar-refractivity contribution in [1.82, 2.24) is 24.1 Å². The summed E-state index contributed by atoms with van der Waals surface area (Å²) < 4.78 is 8.25. The molecular weight excluding hydrogens is 478 g/mol. The first-order chi connectivity index (χ1) is 17.9. The Bertz CT molecular complexity index is 1730. The second-order valence-corrected chi connectivity index (χ2v) is 8.54. The van der Waals surface area contributed by atoms with Crippen LogP contribution in [0.1, 0.15) is 12.5 Å². The monoisotopic (exact) mass is 503 g/mol. The van der Waals surface area contributed by atoms with Crippen LogP contribution in [0.15, 0.2) is 68.3 Å². The van der Waals surface area contributed by atoms with E-state index in [2.05, 4.69) is 32.1 Å². The molecule has 0 saturated carbocycles. The van der Waals surface area contributed by atoms with E-state index in [0.29, 0.717) is 16.7 Å². The van der Waals surface area contributed by atoms with Crippen molar-refractivity contribution in [2.75, 3.05) is 6.61 Å². The molecule has 0 spiro atoms. The number of aromatic nitrogens is 5. The molecule has 3 aromatic heterocycles. The molecule has 0 aliphatic heterocycles. The molecule has 5 aromatic rings. The minimum Gasteiger partial charge on any atom is -0.493 e. The summed E-state index contributed by atoms with van der Waals surface area (Å²) in [6.45, 7) is 1.88. The molecule has 1 atom stereocenters. The molecule has 5 rings (SSSR count). The van der Waals surface area contributed by atoms with Gasteiger partial charge in [0.25, 0.3) is 11.5 Å². The molecular formula is C25H25N7O5. The van der Waals surface area contributed by atoms with Gasteiger partial charge in [0.05, 0.1) is 12.1 Å². The lowest BCUT2D eigenvalue weighted by molar-refractivity contribution is 0.0937. The van der Waals surface area contributed by atoms with Crippen molar-refractivity contribution in [1.29, 1.82) is 0 Å². The Morgan fingerprint density at radius 1 is 1.08 bits per heavy atom. The van der Waals surface area contributed by atoms with Crippen molar-refractivity contribution >= 4 is 33.7 Å². The molecule has 0 aliphatic carbocycles. The number of hydrogen-bond acceptors (Lipinski definition) is 8. The molecule has 2 aromatic carbocycles. The van der Waals surface area contributed by atoms with E-state index in [-0.39, 0.29) is 41.8 Å². The number of aromatic hydroxyl groups is 1. The van der Waals surface area contributed by atoms with Gasteiger partial charge in [-0.1, -0.05) is 37.3 Å². The first-order valence-electron chi connectivity index (χ1n) is 11.7. The number of hydrogen-bond donors (Lipinski definition) is 4. The minimum absolute atomic E-state index is 0.0299. The van der Waals surface area contributed by atoms with Gasteiger partial charge in [-0.05, 0) is 30.2 Å². The first kappa shape index (κ1) is 24.0. The lowest BCUT2D eigenvalue weighted by atomic mass is 10.2. The predicted octanol–water partition coefficient (Wildman–Crippen LogP) is 3.03. The zero-order valence-corrected chi connectivity index (χ0v) is 20.2. The van der Waals surface area contributed by atoms with Gasteiger partial charge in [0.2, 0.25) is 5.88 Å². The molecule has 37 heavy (non-hydrogen) atoms. The van der Waals surface area contributed by atoms with Crippen LogP contribution < -0.4 is 16.0 Å². The SMILES string of the molecule is CCc1ccc(OCC(O)Cn2c(N=Nc3c(O)[nH]c4ccccc34)nc3c2c(=O)[nH]c(=O)n3C)cc1. The summed E-state index contributed by atoms with van der Waals surface area (Å²) in [5, 5.41) is 30.0. The van der Waals surface area contributed by atoms with Gasteiger partial charge >= 0.3 is 5.69 Å². The number of rotatable bonds is 8. The van der Waals surface area contributed by atoms with E-state index in [9.17, 15) is 19.8 Å². The van der Waals surface area contributed by atoms with Gasteiger partial charge in [-0.25, -0.2) is 4.79 Å². The lowest BCUT2D eigenvalue weighted by Gasteiger charge is -2.14. The fourth-order valence-electron chi connectivity index (χ4n) is 4.06. The third-order valence-corrected chi connectivity index (χ3v) is 6.05.